The maximum atomic E-state index is 2.77. The summed E-state index contributed by atoms with van der Waals surface area (Å²) in [5.41, 5.74) is 0. The molecule has 0 aromatic carbocycles. The van der Waals surface area contributed by atoms with E-state index in [9.17, 15) is 0 Å². The quantitative estimate of drug-likeness (QED) is 0.555. The normalized spacial score (nSPS) is 32.1. The molecule has 32 heavy (non-hydrogen) atoms. The Kier molecular flexibility index (Phi) is 10.8. The van der Waals surface area contributed by atoms with Crippen molar-refractivity contribution in [2.45, 2.75) is 116 Å². The number of fused-ring (bicyclic) bond motifs is 2. The third-order valence-electron chi connectivity index (χ3n) is 9.27. The molecule has 0 N–H and O–H groups in total. The maximum Gasteiger partial charge on any atom is 0.0136 e. The van der Waals surface area contributed by atoms with E-state index < -0.39 is 0 Å². The first-order chi connectivity index (χ1) is 15.4. The second-order valence-corrected chi connectivity index (χ2v) is 12.1. The lowest BCUT2D eigenvalue weighted by molar-refractivity contribution is 0.0402. The number of piperidine rings is 4. The number of hydrogen-bond donors (Lipinski definition) is 0. The second kappa shape index (κ2) is 13.1. The van der Waals surface area contributed by atoms with Gasteiger partial charge >= 0.3 is 0 Å². The Morgan fingerprint density at radius 2 is 0.938 bits per heavy atom. The maximum absolute atomic E-state index is 2.77. The lowest BCUT2D eigenvalue weighted by Crippen LogP contribution is -2.51. The SMILES string of the molecule is CC(C)N(C)C[C@@H]1CCCN2CCCC[C@@H]12.CC(C)N(C)C[C@H]1CCCN2CCCC[C@H]12. The average molecular weight is 449 g/mol. The Labute approximate surface area is 201 Å². The Morgan fingerprint density at radius 1 is 0.562 bits per heavy atom. The van der Waals surface area contributed by atoms with Crippen LogP contribution in [0.4, 0.5) is 0 Å². The Balaban J connectivity index is 0.000000181. The van der Waals surface area contributed by atoms with Gasteiger partial charge in [-0.2, -0.15) is 0 Å². The van der Waals surface area contributed by atoms with Gasteiger partial charge in [-0.05, 0) is 131 Å². The molecular weight excluding hydrogens is 392 g/mol. The largest absolute Gasteiger partial charge is 0.304 e. The van der Waals surface area contributed by atoms with Crippen LogP contribution in [0, 0.1) is 11.8 Å². The van der Waals surface area contributed by atoms with Crippen LogP contribution in [0.2, 0.25) is 0 Å². The highest BCUT2D eigenvalue weighted by atomic mass is 15.2. The predicted molar refractivity (Wildman–Crippen MR) is 139 cm³/mol. The minimum Gasteiger partial charge on any atom is -0.304 e. The van der Waals surface area contributed by atoms with E-state index >= 15 is 0 Å². The summed E-state index contributed by atoms with van der Waals surface area (Å²) in [6.07, 6.45) is 14.5. The molecule has 0 aliphatic carbocycles. The molecule has 0 unspecified atom stereocenters. The van der Waals surface area contributed by atoms with Gasteiger partial charge in [0, 0.05) is 37.3 Å². The molecule has 0 aromatic heterocycles. The summed E-state index contributed by atoms with van der Waals surface area (Å²) in [5, 5.41) is 0. The summed E-state index contributed by atoms with van der Waals surface area (Å²) in [5.74, 6) is 1.86. The second-order valence-electron chi connectivity index (χ2n) is 12.1. The summed E-state index contributed by atoms with van der Waals surface area (Å²) in [7, 11) is 4.57. The fraction of sp³-hybridized carbons (Fsp3) is 1.00. The third-order valence-corrected chi connectivity index (χ3v) is 9.27. The van der Waals surface area contributed by atoms with Gasteiger partial charge in [0.2, 0.25) is 0 Å². The first-order valence-electron chi connectivity index (χ1n) is 14.3. The molecule has 4 rings (SSSR count). The smallest absolute Gasteiger partial charge is 0.0136 e. The topological polar surface area (TPSA) is 13.0 Å². The van der Waals surface area contributed by atoms with Gasteiger partial charge in [0.1, 0.15) is 0 Å². The van der Waals surface area contributed by atoms with Gasteiger partial charge in [0.25, 0.3) is 0 Å². The van der Waals surface area contributed by atoms with Crippen LogP contribution in [0.25, 0.3) is 0 Å². The van der Waals surface area contributed by atoms with Crippen LogP contribution in [-0.2, 0) is 0 Å². The first-order valence-corrected chi connectivity index (χ1v) is 14.3. The van der Waals surface area contributed by atoms with Gasteiger partial charge in [-0.1, -0.05) is 12.8 Å². The van der Waals surface area contributed by atoms with Crippen molar-refractivity contribution in [1.29, 1.82) is 0 Å². The molecule has 4 heteroatoms. The molecule has 0 amide bonds. The van der Waals surface area contributed by atoms with Crippen LogP contribution in [0.5, 0.6) is 0 Å². The highest BCUT2D eigenvalue weighted by molar-refractivity contribution is 4.89. The Morgan fingerprint density at radius 3 is 1.31 bits per heavy atom. The minimum absolute atomic E-state index is 0.693. The van der Waals surface area contributed by atoms with Gasteiger partial charge in [0.05, 0.1) is 0 Å². The van der Waals surface area contributed by atoms with Crippen molar-refractivity contribution in [3.8, 4) is 0 Å². The van der Waals surface area contributed by atoms with Crippen molar-refractivity contribution in [2.75, 3.05) is 53.4 Å². The van der Waals surface area contributed by atoms with Crippen LogP contribution < -0.4 is 0 Å². The summed E-state index contributed by atoms with van der Waals surface area (Å²) >= 11 is 0. The number of rotatable bonds is 6. The van der Waals surface area contributed by atoms with Crippen molar-refractivity contribution in [1.82, 2.24) is 19.6 Å². The van der Waals surface area contributed by atoms with Crippen LogP contribution in [0.3, 0.4) is 0 Å². The molecule has 4 atom stereocenters. The molecule has 0 bridgehead atoms. The van der Waals surface area contributed by atoms with Crippen molar-refractivity contribution in [2.24, 2.45) is 11.8 Å². The molecule has 188 valence electrons. The number of nitrogens with zero attached hydrogens (tertiary/aromatic N) is 4. The van der Waals surface area contributed by atoms with Crippen molar-refractivity contribution in [3.05, 3.63) is 0 Å². The highest BCUT2D eigenvalue weighted by Crippen LogP contribution is 2.32. The van der Waals surface area contributed by atoms with Gasteiger partial charge in [-0.3, -0.25) is 0 Å². The first kappa shape index (κ1) is 26.4. The highest BCUT2D eigenvalue weighted by Gasteiger charge is 2.34. The van der Waals surface area contributed by atoms with Gasteiger partial charge < -0.3 is 19.6 Å². The Bertz CT molecular complexity index is 472. The van der Waals surface area contributed by atoms with Crippen molar-refractivity contribution >= 4 is 0 Å². The summed E-state index contributed by atoms with van der Waals surface area (Å²) in [6, 6.07) is 3.20. The fourth-order valence-corrected chi connectivity index (χ4v) is 6.74. The van der Waals surface area contributed by atoms with Crippen LogP contribution >= 0.6 is 0 Å². The Hall–Kier alpha value is -0.160. The monoisotopic (exact) mass is 448 g/mol. The van der Waals surface area contributed by atoms with E-state index in [4.69, 9.17) is 0 Å². The molecule has 4 heterocycles. The van der Waals surface area contributed by atoms with Crippen LogP contribution in [-0.4, -0.2) is 97.1 Å². The minimum atomic E-state index is 0.693. The molecule has 4 fully saturated rings. The lowest BCUT2D eigenvalue weighted by atomic mass is 9.83. The number of hydrogen-bond acceptors (Lipinski definition) is 4. The van der Waals surface area contributed by atoms with E-state index in [1.165, 1.54) is 103 Å². The summed E-state index contributed by atoms with van der Waals surface area (Å²) in [4.78, 5) is 10.6. The molecule has 0 saturated carbocycles. The van der Waals surface area contributed by atoms with Crippen LogP contribution in [0.15, 0.2) is 0 Å². The fourth-order valence-electron chi connectivity index (χ4n) is 6.74. The predicted octanol–water partition coefficient (Wildman–Crippen LogP) is 5.18. The van der Waals surface area contributed by atoms with Crippen molar-refractivity contribution in [3.63, 3.8) is 0 Å². The zero-order chi connectivity index (χ0) is 23.1. The molecule has 0 aromatic rings. The third kappa shape index (κ3) is 7.42. The van der Waals surface area contributed by atoms with E-state index in [-0.39, 0.29) is 0 Å². The van der Waals surface area contributed by atoms with Crippen LogP contribution in [0.1, 0.15) is 91.9 Å². The van der Waals surface area contributed by atoms with Crippen molar-refractivity contribution < 1.29 is 0 Å². The molecule has 0 radical (unpaired) electrons. The molecular formula is C28H56N4. The van der Waals surface area contributed by atoms with E-state index in [0.717, 1.165) is 23.9 Å². The molecule has 4 saturated heterocycles. The van der Waals surface area contributed by atoms with E-state index in [0.29, 0.717) is 12.1 Å². The summed E-state index contributed by atoms with van der Waals surface area (Å²) in [6.45, 7) is 17.3. The van der Waals surface area contributed by atoms with E-state index in [1.807, 2.05) is 0 Å². The lowest BCUT2D eigenvalue weighted by Gasteiger charge is -2.45. The molecule has 0 spiro atoms. The zero-order valence-electron chi connectivity index (χ0n) is 22.6. The van der Waals surface area contributed by atoms with E-state index in [2.05, 4.69) is 61.4 Å². The van der Waals surface area contributed by atoms with E-state index in [1.54, 1.807) is 0 Å². The molecule has 4 aliphatic heterocycles. The van der Waals surface area contributed by atoms with Gasteiger partial charge in [-0.25, -0.2) is 0 Å². The van der Waals surface area contributed by atoms with Gasteiger partial charge in [-0.15, -0.1) is 0 Å². The summed E-state index contributed by atoms with van der Waals surface area (Å²) < 4.78 is 0. The molecule has 4 nitrogen and oxygen atoms in total. The standard InChI is InChI=1S/2C14H28N2/c2*1-12(2)15(3)11-13-7-6-10-16-9-5-4-8-14(13)16/h2*12-14H,4-11H2,1-3H3/t2*13-,14-/m10/s1. The average Bonchev–Trinajstić information content (AvgIpc) is 2.80. The van der Waals surface area contributed by atoms with Gasteiger partial charge in [0.15, 0.2) is 0 Å². The zero-order valence-corrected chi connectivity index (χ0v) is 22.6. The molecule has 4 aliphatic rings.